The molecule has 6 rings (SSSR count). The first-order valence-electron chi connectivity index (χ1n) is 11.9. The smallest absolute Gasteiger partial charge is 0.253 e. The average molecular weight is 444 g/mol. The lowest BCUT2D eigenvalue weighted by molar-refractivity contribution is 0.0724. The molecular weight excluding hydrogens is 414 g/mol. The maximum Gasteiger partial charge on any atom is 0.253 e. The van der Waals surface area contributed by atoms with Crippen molar-refractivity contribution in [3.63, 3.8) is 0 Å². The summed E-state index contributed by atoms with van der Waals surface area (Å²) >= 11 is 0. The maximum atomic E-state index is 13.0. The Morgan fingerprint density at radius 3 is 2.64 bits per heavy atom. The number of amides is 1. The van der Waals surface area contributed by atoms with E-state index in [1.165, 1.54) is 19.3 Å². The number of hydrogen-bond acceptors (Lipinski definition) is 4. The lowest BCUT2D eigenvalue weighted by Crippen LogP contribution is -2.35. The van der Waals surface area contributed by atoms with E-state index in [9.17, 15) is 4.79 Å². The van der Waals surface area contributed by atoms with Crippen LogP contribution < -0.4 is 4.74 Å². The van der Waals surface area contributed by atoms with Crippen LogP contribution in [0.2, 0.25) is 0 Å². The lowest BCUT2D eigenvalue weighted by atomic mass is 10.1. The zero-order valence-corrected chi connectivity index (χ0v) is 19.3. The van der Waals surface area contributed by atoms with Gasteiger partial charge in [-0.05, 0) is 68.4 Å². The van der Waals surface area contributed by atoms with Gasteiger partial charge in [0, 0.05) is 43.7 Å². The zero-order chi connectivity index (χ0) is 22.5. The highest BCUT2D eigenvalue weighted by atomic mass is 16.5. The molecule has 1 aromatic carbocycles. The number of fused-ring (bicyclic) bond motifs is 2. The summed E-state index contributed by atoms with van der Waals surface area (Å²) < 4.78 is 9.80. The van der Waals surface area contributed by atoms with Crippen LogP contribution >= 0.6 is 0 Å². The second-order valence-electron chi connectivity index (χ2n) is 9.40. The summed E-state index contributed by atoms with van der Waals surface area (Å²) in [5.74, 6) is 2.32. The molecule has 0 N–H and O–H groups in total. The van der Waals surface area contributed by atoms with Crippen LogP contribution in [0.25, 0.3) is 33.6 Å². The minimum atomic E-state index is 0.114. The number of nitrogens with zero attached hydrogens (tertiary/aromatic N) is 5. The summed E-state index contributed by atoms with van der Waals surface area (Å²) in [6.07, 6.45) is 5.90. The number of carbonyl (C=O) groups is 1. The number of likely N-dealkylation sites (tertiary alicyclic amines) is 1. The Balaban J connectivity index is 1.44. The van der Waals surface area contributed by atoms with Crippen molar-refractivity contribution in [1.82, 2.24) is 24.0 Å². The minimum Gasteiger partial charge on any atom is -0.481 e. The lowest BCUT2D eigenvalue weighted by Gasteiger charge is -2.26. The van der Waals surface area contributed by atoms with Crippen molar-refractivity contribution in [3.05, 3.63) is 42.0 Å². The van der Waals surface area contributed by atoms with Gasteiger partial charge in [0.25, 0.3) is 5.91 Å². The van der Waals surface area contributed by atoms with Crippen LogP contribution in [0.15, 0.2) is 36.4 Å². The highest BCUT2D eigenvalue weighted by Gasteiger charge is 2.26. The van der Waals surface area contributed by atoms with Crippen molar-refractivity contribution >= 4 is 28.0 Å². The SMILES string of the molecule is COc1ccc2cc(-c3nc4cc(C(=O)N5CCCCC5)ccc4n3C)n(CC3CC3)c2n1. The normalized spacial score (nSPS) is 16.6. The first-order valence-corrected chi connectivity index (χ1v) is 11.9. The molecule has 7 heteroatoms. The molecule has 0 spiro atoms. The quantitative estimate of drug-likeness (QED) is 0.451. The summed E-state index contributed by atoms with van der Waals surface area (Å²) in [6, 6.07) is 12.1. The summed E-state index contributed by atoms with van der Waals surface area (Å²) in [7, 11) is 3.70. The van der Waals surface area contributed by atoms with Gasteiger partial charge < -0.3 is 18.8 Å². The summed E-state index contributed by atoms with van der Waals surface area (Å²) in [5, 5.41) is 1.08. The second-order valence-corrected chi connectivity index (χ2v) is 9.40. The number of aromatic nitrogens is 4. The molecule has 1 amide bonds. The van der Waals surface area contributed by atoms with Crippen molar-refractivity contribution in [1.29, 1.82) is 0 Å². The molecule has 2 aliphatic rings. The van der Waals surface area contributed by atoms with Crippen LogP contribution in [0, 0.1) is 5.92 Å². The van der Waals surface area contributed by atoms with Crippen molar-refractivity contribution in [3.8, 4) is 17.4 Å². The van der Waals surface area contributed by atoms with Crippen LogP contribution in [-0.2, 0) is 13.6 Å². The molecule has 33 heavy (non-hydrogen) atoms. The van der Waals surface area contributed by atoms with E-state index < -0.39 is 0 Å². The Morgan fingerprint density at radius 1 is 1.06 bits per heavy atom. The zero-order valence-electron chi connectivity index (χ0n) is 19.3. The molecule has 4 aromatic rings. The van der Waals surface area contributed by atoms with Gasteiger partial charge in [0.05, 0.1) is 23.8 Å². The number of methoxy groups -OCH3 is 1. The number of imidazole rings is 1. The fourth-order valence-corrected chi connectivity index (χ4v) is 4.99. The van der Waals surface area contributed by atoms with Gasteiger partial charge in [-0.3, -0.25) is 4.79 Å². The van der Waals surface area contributed by atoms with E-state index in [0.29, 0.717) is 11.8 Å². The number of carbonyl (C=O) groups excluding carboxylic acids is 1. The largest absolute Gasteiger partial charge is 0.481 e. The fraction of sp³-hybridized carbons (Fsp3) is 0.423. The van der Waals surface area contributed by atoms with Crippen molar-refractivity contribution in [2.75, 3.05) is 20.2 Å². The highest BCUT2D eigenvalue weighted by molar-refractivity contribution is 5.98. The van der Waals surface area contributed by atoms with E-state index in [1.807, 2.05) is 36.2 Å². The van der Waals surface area contributed by atoms with Crippen LogP contribution in [0.3, 0.4) is 0 Å². The Bertz CT molecular complexity index is 1360. The molecule has 1 aliphatic heterocycles. The molecule has 0 radical (unpaired) electrons. The molecule has 1 saturated heterocycles. The van der Waals surface area contributed by atoms with Gasteiger partial charge in [-0.25, -0.2) is 4.98 Å². The topological polar surface area (TPSA) is 65.2 Å². The van der Waals surface area contributed by atoms with Crippen molar-refractivity contribution < 1.29 is 9.53 Å². The molecule has 170 valence electrons. The molecule has 2 fully saturated rings. The van der Waals surface area contributed by atoms with Crippen molar-refractivity contribution in [2.45, 2.75) is 38.6 Å². The van der Waals surface area contributed by atoms with E-state index >= 15 is 0 Å². The van der Waals surface area contributed by atoms with Crippen LogP contribution in [0.4, 0.5) is 0 Å². The number of piperidine rings is 1. The van der Waals surface area contributed by atoms with E-state index in [2.05, 4.69) is 21.3 Å². The molecule has 0 atom stereocenters. The number of rotatable bonds is 5. The molecule has 1 aliphatic carbocycles. The number of aryl methyl sites for hydroxylation is 1. The molecule has 4 heterocycles. The van der Waals surface area contributed by atoms with Crippen LogP contribution in [0.5, 0.6) is 5.88 Å². The number of benzene rings is 1. The monoisotopic (exact) mass is 443 g/mol. The minimum absolute atomic E-state index is 0.114. The molecule has 0 bridgehead atoms. The van der Waals surface area contributed by atoms with Gasteiger partial charge in [0.2, 0.25) is 5.88 Å². The van der Waals surface area contributed by atoms with Gasteiger partial charge in [-0.15, -0.1) is 0 Å². The third-order valence-electron chi connectivity index (χ3n) is 7.07. The molecule has 3 aromatic heterocycles. The Kier molecular flexibility index (Phi) is 4.85. The molecule has 0 unspecified atom stereocenters. The van der Waals surface area contributed by atoms with E-state index in [0.717, 1.165) is 71.6 Å². The predicted molar refractivity (Wildman–Crippen MR) is 128 cm³/mol. The average Bonchev–Trinajstić information content (AvgIpc) is 3.53. The predicted octanol–water partition coefficient (Wildman–Crippen LogP) is 4.63. The van der Waals surface area contributed by atoms with Gasteiger partial charge in [-0.1, -0.05) is 0 Å². The fourth-order valence-electron chi connectivity index (χ4n) is 4.99. The molecule has 7 nitrogen and oxygen atoms in total. The summed E-state index contributed by atoms with van der Waals surface area (Å²) in [5.41, 5.74) is 4.58. The summed E-state index contributed by atoms with van der Waals surface area (Å²) in [6.45, 7) is 2.63. The summed E-state index contributed by atoms with van der Waals surface area (Å²) in [4.78, 5) is 24.8. The van der Waals surface area contributed by atoms with Gasteiger partial charge in [0.15, 0.2) is 5.82 Å². The van der Waals surface area contributed by atoms with Gasteiger partial charge in [0.1, 0.15) is 5.65 Å². The first-order chi connectivity index (χ1) is 16.1. The maximum absolute atomic E-state index is 13.0. The van der Waals surface area contributed by atoms with E-state index in [1.54, 1.807) is 7.11 Å². The van der Waals surface area contributed by atoms with Gasteiger partial charge >= 0.3 is 0 Å². The van der Waals surface area contributed by atoms with Crippen LogP contribution in [0.1, 0.15) is 42.5 Å². The Hall–Kier alpha value is -3.35. The third kappa shape index (κ3) is 3.56. The van der Waals surface area contributed by atoms with Gasteiger partial charge in [-0.2, -0.15) is 4.98 Å². The third-order valence-corrected chi connectivity index (χ3v) is 7.07. The van der Waals surface area contributed by atoms with E-state index in [-0.39, 0.29) is 5.91 Å². The standard InChI is InChI=1S/C26H29N5O2/c1-29-21-10-8-19(26(32)30-12-4-3-5-13-30)14-20(21)27-25(29)22-15-18-9-11-23(33-2)28-24(18)31(22)16-17-6-7-17/h8-11,14-15,17H,3-7,12-13,16H2,1-2H3. The van der Waals surface area contributed by atoms with Crippen molar-refractivity contribution in [2.24, 2.45) is 13.0 Å². The van der Waals surface area contributed by atoms with E-state index in [4.69, 9.17) is 14.7 Å². The number of ether oxygens (including phenoxy) is 1. The first kappa shape index (κ1) is 20.3. The number of hydrogen-bond donors (Lipinski definition) is 0. The second kappa shape index (κ2) is 7.90. The Morgan fingerprint density at radius 2 is 1.88 bits per heavy atom. The highest BCUT2D eigenvalue weighted by Crippen LogP contribution is 2.36. The number of pyridine rings is 1. The molecular formula is C26H29N5O2. The molecule has 1 saturated carbocycles. The Labute approximate surface area is 193 Å². The van der Waals surface area contributed by atoms with Crippen LogP contribution in [-0.4, -0.2) is 50.1 Å².